The van der Waals surface area contributed by atoms with Gasteiger partial charge < -0.3 is 10.2 Å². The number of carbonyl (C=O) groups is 2. The first-order valence-corrected chi connectivity index (χ1v) is 7.55. The Morgan fingerprint density at radius 2 is 2.00 bits per heavy atom. The van der Waals surface area contributed by atoms with Crippen LogP contribution >= 0.6 is 0 Å². The van der Waals surface area contributed by atoms with E-state index in [0.29, 0.717) is 12.5 Å². The summed E-state index contributed by atoms with van der Waals surface area (Å²) in [6.45, 7) is 8.74. The van der Waals surface area contributed by atoms with Gasteiger partial charge in [-0.25, -0.2) is 0 Å². The van der Waals surface area contributed by atoms with E-state index in [0.717, 1.165) is 25.7 Å². The van der Waals surface area contributed by atoms with Gasteiger partial charge in [0.25, 0.3) is 0 Å². The summed E-state index contributed by atoms with van der Waals surface area (Å²) >= 11 is 0. The second kappa shape index (κ2) is 5.14. The molecular weight excluding hydrogens is 240 g/mol. The molecule has 2 amide bonds. The van der Waals surface area contributed by atoms with Crippen molar-refractivity contribution in [2.24, 2.45) is 11.8 Å². The smallest absolute Gasteiger partial charge is 0.249 e. The summed E-state index contributed by atoms with van der Waals surface area (Å²) in [7, 11) is 0. The highest BCUT2D eigenvalue weighted by Gasteiger charge is 2.55. The predicted octanol–water partition coefficient (Wildman–Crippen LogP) is 1.94. The highest BCUT2D eigenvalue weighted by atomic mass is 16.2. The third-order valence-electron chi connectivity index (χ3n) is 4.47. The van der Waals surface area contributed by atoms with Gasteiger partial charge in [0.15, 0.2) is 0 Å². The van der Waals surface area contributed by atoms with E-state index >= 15 is 0 Å². The second-order valence-corrected chi connectivity index (χ2v) is 6.51. The van der Waals surface area contributed by atoms with Crippen LogP contribution in [0.15, 0.2) is 0 Å². The minimum Gasteiger partial charge on any atom is -0.340 e. The summed E-state index contributed by atoms with van der Waals surface area (Å²) in [5.41, 5.74) is -0.657. The molecule has 4 heteroatoms. The van der Waals surface area contributed by atoms with Gasteiger partial charge in [-0.3, -0.25) is 9.59 Å². The molecule has 1 aliphatic heterocycles. The Kier molecular flexibility index (Phi) is 3.88. The van der Waals surface area contributed by atoms with Gasteiger partial charge >= 0.3 is 0 Å². The molecule has 1 saturated carbocycles. The standard InChI is InChI=1S/C15H26N2O2/c1-5-6-9-17-12(10(2)3)13(18)16-15(4,14(17)19)11-7-8-11/h10-12H,5-9H2,1-4H3,(H,16,18). The van der Waals surface area contributed by atoms with E-state index in [1.165, 1.54) is 0 Å². The molecule has 2 fully saturated rings. The lowest BCUT2D eigenvalue weighted by atomic mass is 9.86. The van der Waals surface area contributed by atoms with E-state index in [2.05, 4.69) is 12.2 Å². The maximum absolute atomic E-state index is 12.8. The predicted molar refractivity (Wildman–Crippen MR) is 74.5 cm³/mol. The summed E-state index contributed by atoms with van der Waals surface area (Å²) < 4.78 is 0. The Morgan fingerprint density at radius 3 is 2.47 bits per heavy atom. The van der Waals surface area contributed by atoms with Gasteiger partial charge in [0.05, 0.1) is 0 Å². The van der Waals surface area contributed by atoms with Crippen molar-refractivity contribution >= 4 is 11.8 Å². The van der Waals surface area contributed by atoms with Crippen LogP contribution < -0.4 is 5.32 Å². The van der Waals surface area contributed by atoms with Crippen LogP contribution in [0.3, 0.4) is 0 Å². The van der Waals surface area contributed by atoms with Gasteiger partial charge in [-0.1, -0.05) is 27.2 Å². The number of carbonyl (C=O) groups excluding carboxylic acids is 2. The molecule has 0 aromatic heterocycles. The molecule has 1 saturated heterocycles. The van der Waals surface area contributed by atoms with Crippen molar-refractivity contribution in [3.8, 4) is 0 Å². The Morgan fingerprint density at radius 1 is 1.37 bits per heavy atom. The second-order valence-electron chi connectivity index (χ2n) is 6.51. The molecule has 108 valence electrons. The topological polar surface area (TPSA) is 49.4 Å². The van der Waals surface area contributed by atoms with Crippen LogP contribution in [0.1, 0.15) is 53.4 Å². The van der Waals surface area contributed by atoms with Gasteiger partial charge in [-0.15, -0.1) is 0 Å². The summed E-state index contributed by atoms with van der Waals surface area (Å²) in [4.78, 5) is 27.0. The fourth-order valence-electron chi connectivity index (χ4n) is 3.12. The van der Waals surface area contributed by atoms with E-state index < -0.39 is 5.54 Å². The Hall–Kier alpha value is -1.06. The van der Waals surface area contributed by atoms with Crippen LogP contribution in [0, 0.1) is 11.8 Å². The largest absolute Gasteiger partial charge is 0.340 e. The molecule has 19 heavy (non-hydrogen) atoms. The number of nitrogens with zero attached hydrogens (tertiary/aromatic N) is 1. The lowest BCUT2D eigenvalue weighted by Gasteiger charge is -2.46. The molecule has 0 spiro atoms. The Labute approximate surface area is 115 Å². The number of rotatable bonds is 5. The summed E-state index contributed by atoms with van der Waals surface area (Å²) in [6.07, 6.45) is 4.10. The minimum absolute atomic E-state index is 0.0279. The van der Waals surface area contributed by atoms with E-state index in [4.69, 9.17) is 0 Å². The third kappa shape index (κ3) is 2.49. The lowest BCUT2D eigenvalue weighted by molar-refractivity contribution is -0.157. The zero-order valence-corrected chi connectivity index (χ0v) is 12.5. The lowest BCUT2D eigenvalue weighted by Crippen LogP contribution is -2.71. The van der Waals surface area contributed by atoms with Crippen molar-refractivity contribution < 1.29 is 9.59 Å². The van der Waals surface area contributed by atoms with E-state index in [1.54, 1.807) is 0 Å². The molecule has 0 aromatic rings. The molecule has 1 aliphatic carbocycles. The van der Waals surface area contributed by atoms with Crippen molar-refractivity contribution in [1.29, 1.82) is 0 Å². The molecule has 0 aromatic carbocycles. The van der Waals surface area contributed by atoms with Gasteiger partial charge in [-0.05, 0) is 38.0 Å². The van der Waals surface area contributed by atoms with Crippen LogP contribution in [0.5, 0.6) is 0 Å². The fourth-order valence-corrected chi connectivity index (χ4v) is 3.12. The number of unbranched alkanes of at least 4 members (excludes halogenated alkanes) is 1. The maximum atomic E-state index is 12.8. The summed E-state index contributed by atoms with van der Waals surface area (Å²) in [6, 6.07) is -0.300. The monoisotopic (exact) mass is 266 g/mol. The molecular formula is C15H26N2O2. The van der Waals surface area contributed by atoms with E-state index in [-0.39, 0.29) is 23.8 Å². The van der Waals surface area contributed by atoms with Gasteiger partial charge in [0.1, 0.15) is 11.6 Å². The maximum Gasteiger partial charge on any atom is 0.249 e. The number of hydrogen-bond acceptors (Lipinski definition) is 2. The molecule has 1 N–H and O–H groups in total. The molecule has 2 unspecified atom stereocenters. The first kappa shape index (κ1) is 14.4. The number of piperazine rings is 1. The molecule has 0 radical (unpaired) electrons. The van der Waals surface area contributed by atoms with Crippen LogP contribution in [-0.4, -0.2) is 34.8 Å². The molecule has 2 rings (SSSR count). The van der Waals surface area contributed by atoms with E-state index in [9.17, 15) is 9.59 Å². The highest BCUT2D eigenvalue weighted by Crippen LogP contribution is 2.42. The SMILES string of the molecule is CCCCN1C(=O)C(C)(C2CC2)NC(=O)C1C(C)C. The van der Waals surface area contributed by atoms with Gasteiger partial charge in [0.2, 0.25) is 11.8 Å². The van der Waals surface area contributed by atoms with Crippen molar-refractivity contribution in [3.63, 3.8) is 0 Å². The minimum atomic E-state index is -0.657. The van der Waals surface area contributed by atoms with Crippen LogP contribution in [0.4, 0.5) is 0 Å². The molecule has 2 atom stereocenters. The van der Waals surface area contributed by atoms with Crippen molar-refractivity contribution in [3.05, 3.63) is 0 Å². The fraction of sp³-hybridized carbons (Fsp3) is 0.867. The van der Waals surface area contributed by atoms with Gasteiger partial charge in [0, 0.05) is 6.54 Å². The third-order valence-corrected chi connectivity index (χ3v) is 4.47. The average Bonchev–Trinajstić information content (AvgIpc) is 3.15. The van der Waals surface area contributed by atoms with Crippen molar-refractivity contribution in [1.82, 2.24) is 10.2 Å². The van der Waals surface area contributed by atoms with E-state index in [1.807, 2.05) is 25.7 Å². The summed E-state index contributed by atoms with van der Waals surface area (Å²) in [5, 5.41) is 3.01. The average molecular weight is 266 g/mol. The molecule has 2 aliphatic rings. The first-order chi connectivity index (χ1) is 8.91. The summed E-state index contributed by atoms with van der Waals surface area (Å²) in [5.74, 6) is 0.646. The molecule has 0 bridgehead atoms. The Bertz CT molecular complexity index is 376. The van der Waals surface area contributed by atoms with Gasteiger partial charge in [-0.2, -0.15) is 0 Å². The van der Waals surface area contributed by atoms with Crippen molar-refractivity contribution in [2.45, 2.75) is 65.0 Å². The first-order valence-electron chi connectivity index (χ1n) is 7.55. The zero-order chi connectivity index (χ0) is 14.2. The van der Waals surface area contributed by atoms with Crippen LogP contribution in [0.2, 0.25) is 0 Å². The number of amides is 2. The molecule has 4 nitrogen and oxygen atoms in total. The zero-order valence-electron chi connectivity index (χ0n) is 12.5. The normalized spacial score (nSPS) is 31.8. The number of nitrogens with one attached hydrogen (secondary N) is 1. The molecule has 1 heterocycles. The Balaban J connectivity index is 2.25. The van der Waals surface area contributed by atoms with Crippen molar-refractivity contribution in [2.75, 3.05) is 6.54 Å². The quantitative estimate of drug-likeness (QED) is 0.826. The van der Waals surface area contributed by atoms with Crippen LogP contribution in [0.25, 0.3) is 0 Å². The van der Waals surface area contributed by atoms with Crippen LogP contribution in [-0.2, 0) is 9.59 Å². The highest BCUT2D eigenvalue weighted by molar-refractivity contribution is 6.00. The number of hydrogen-bond donors (Lipinski definition) is 1.